The molecule has 3 aromatic rings. The van der Waals surface area contributed by atoms with Gasteiger partial charge in [-0.05, 0) is 35.4 Å². The molecule has 0 saturated heterocycles. The quantitative estimate of drug-likeness (QED) is 0.802. The summed E-state index contributed by atoms with van der Waals surface area (Å²) in [5.41, 5.74) is 10.2. The van der Waals surface area contributed by atoms with Gasteiger partial charge in [0.1, 0.15) is 5.82 Å². The average molecular weight is 286 g/mol. The highest BCUT2D eigenvalue weighted by atomic mass is 35.5. The Morgan fingerprint density at radius 3 is 2.70 bits per heavy atom. The molecule has 0 aliphatic heterocycles. The molecule has 0 aliphatic rings. The summed E-state index contributed by atoms with van der Waals surface area (Å²) >= 11 is 6.09. The van der Waals surface area contributed by atoms with Crippen LogP contribution >= 0.6 is 11.6 Å². The molecule has 3 rings (SSSR count). The lowest BCUT2D eigenvalue weighted by molar-refractivity contribution is 0.837. The van der Waals surface area contributed by atoms with Gasteiger partial charge in [0, 0.05) is 25.0 Å². The summed E-state index contributed by atoms with van der Waals surface area (Å²) in [5, 5.41) is 0.732. The van der Waals surface area contributed by atoms with Gasteiger partial charge in [-0.15, -0.1) is 0 Å². The highest BCUT2D eigenvalue weighted by Crippen LogP contribution is 2.21. The zero-order valence-electron chi connectivity index (χ0n) is 11.3. The molecule has 0 aliphatic carbocycles. The number of rotatable bonds is 3. The second-order valence-electron chi connectivity index (χ2n) is 4.87. The fraction of sp³-hybridized carbons (Fsp3) is 0.188. The molecule has 0 saturated carbocycles. The predicted molar refractivity (Wildman–Crippen MR) is 82.9 cm³/mol. The molecule has 0 atom stereocenters. The first kappa shape index (κ1) is 13.2. The Bertz CT molecular complexity index is 762. The van der Waals surface area contributed by atoms with Crippen molar-refractivity contribution in [3.05, 3.63) is 64.4 Å². The van der Waals surface area contributed by atoms with Crippen LogP contribution in [-0.2, 0) is 20.0 Å². The van der Waals surface area contributed by atoms with Crippen molar-refractivity contribution in [3.8, 4) is 0 Å². The molecule has 2 N–H and O–H groups in total. The minimum atomic E-state index is 0.510. The largest absolute Gasteiger partial charge is 0.331 e. The van der Waals surface area contributed by atoms with Crippen LogP contribution in [-0.4, -0.2) is 9.55 Å². The van der Waals surface area contributed by atoms with Crippen molar-refractivity contribution in [3.63, 3.8) is 0 Å². The van der Waals surface area contributed by atoms with Crippen molar-refractivity contribution in [2.24, 2.45) is 12.8 Å². The van der Waals surface area contributed by atoms with E-state index in [1.807, 2.05) is 43.4 Å². The standard InChI is InChI=1S/C16H16ClN3/c1-20-15-5-3-2-4-14(15)19-16(20)9-12-8-13(17)7-6-11(12)10-18/h2-8H,9-10,18H2,1H3. The fourth-order valence-electron chi connectivity index (χ4n) is 2.48. The van der Waals surface area contributed by atoms with Crippen molar-refractivity contribution in [2.75, 3.05) is 0 Å². The number of benzene rings is 2. The number of nitrogens with zero attached hydrogens (tertiary/aromatic N) is 2. The van der Waals surface area contributed by atoms with Crippen molar-refractivity contribution in [2.45, 2.75) is 13.0 Å². The van der Waals surface area contributed by atoms with E-state index in [1.165, 1.54) is 0 Å². The van der Waals surface area contributed by atoms with Crippen molar-refractivity contribution >= 4 is 22.6 Å². The van der Waals surface area contributed by atoms with Gasteiger partial charge >= 0.3 is 0 Å². The summed E-state index contributed by atoms with van der Waals surface area (Å²) in [7, 11) is 2.04. The summed E-state index contributed by atoms with van der Waals surface area (Å²) in [6.45, 7) is 0.510. The van der Waals surface area contributed by atoms with Gasteiger partial charge < -0.3 is 10.3 Å². The summed E-state index contributed by atoms with van der Waals surface area (Å²) < 4.78 is 2.12. The lowest BCUT2D eigenvalue weighted by Crippen LogP contribution is -2.05. The van der Waals surface area contributed by atoms with E-state index < -0.39 is 0 Å². The second kappa shape index (κ2) is 5.27. The third-order valence-corrected chi connectivity index (χ3v) is 3.85. The zero-order valence-corrected chi connectivity index (χ0v) is 12.1. The molecule has 0 spiro atoms. The van der Waals surface area contributed by atoms with E-state index in [4.69, 9.17) is 22.3 Å². The third kappa shape index (κ3) is 2.30. The van der Waals surface area contributed by atoms with E-state index in [1.54, 1.807) is 0 Å². The molecule has 3 nitrogen and oxygen atoms in total. The van der Waals surface area contributed by atoms with E-state index in [-0.39, 0.29) is 0 Å². The van der Waals surface area contributed by atoms with Crippen LogP contribution in [0.4, 0.5) is 0 Å². The SMILES string of the molecule is Cn1c(Cc2cc(Cl)ccc2CN)nc2ccccc21. The molecule has 20 heavy (non-hydrogen) atoms. The molecule has 1 heterocycles. The molecule has 0 radical (unpaired) electrons. The molecule has 0 amide bonds. The number of aryl methyl sites for hydroxylation is 1. The molecule has 0 fully saturated rings. The zero-order chi connectivity index (χ0) is 14.1. The Kier molecular flexibility index (Phi) is 3.47. The van der Waals surface area contributed by atoms with E-state index in [0.717, 1.165) is 39.4 Å². The van der Waals surface area contributed by atoms with Crippen LogP contribution in [0.2, 0.25) is 5.02 Å². The van der Waals surface area contributed by atoms with Gasteiger partial charge in [-0.2, -0.15) is 0 Å². The van der Waals surface area contributed by atoms with Crippen molar-refractivity contribution < 1.29 is 0 Å². The number of halogens is 1. The molecule has 1 aromatic heterocycles. The van der Waals surface area contributed by atoms with E-state index in [9.17, 15) is 0 Å². The Hall–Kier alpha value is -1.84. The summed E-state index contributed by atoms with van der Waals surface area (Å²) in [6.07, 6.45) is 0.734. The van der Waals surface area contributed by atoms with Gasteiger partial charge in [-0.1, -0.05) is 29.8 Å². The van der Waals surface area contributed by atoms with Crippen LogP contribution in [0, 0.1) is 0 Å². The molecule has 102 valence electrons. The van der Waals surface area contributed by atoms with Crippen LogP contribution in [0.3, 0.4) is 0 Å². The van der Waals surface area contributed by atoms with Crippen LogP contribution < -0.4 is 5.73 Å². The second-order valence-corrected chi connectivity index (χ2v) is 5.31. The Morgan fingerprint density at radius 1 is 1.15 bits per heavy atom. The van der Waals surface area contributed by atoms with Crippen LogP contribution in [0.15, 0.2) is 42.5 Å². The monoisotopic (exact) mass is 285 g/mol. The van der Waals surface area contributed by atoms with E-state index >= 15 is 0 Å². The molecule has 0 unspecified atom stereocenters. The highest BCUT2D eigenvalue weighted by Gasteiger charge is 2.10. The number of hydrogen-bond acceptors (Lipinski definition) is 2. The Balaban J connectivity index is 2.05. The van der Waals surface area contributed by atoms with Gasteiger partial charge in [-0.25, -0.2) is 4.98 Å². The topological polar surface area (TPSA) is 43.8 Å². The van der Waals surface area contributed by atoms with Gasteiger partial charge in [0.25, 0.3) is 0 Å². The van der Waals surface area contributed by atoms with E-state index in [2.05, 4.69) is 10.6 Å². The molecular formula is C16H16ClN3. The van der Waals surface area contributed by atoms with Gasteiger partial charge in [0.2, 0.25) is 0 Å². The van der Waals surface area contributed by atoms with Gasteiger partial charge in [0.05, 0.1) is 11.0 Å². The number of fused-ring (bicyclic) bond motifs is 1. The summed E-state index contributed by atoms with van der Waals surface area (Å²) in [5.74, 6) is 1.02. The van der Waals surface area contributed by atoms with Gasteiger partial charge in [-0.3, -0.25) is 0 Å². The summed E-state index contributed by atoms with van der Waals surface area (Å²) in [6, 6.07) is 14.0. The first-order valence-electron chi connectivity index (χ1n) is 6.56. The molecule has 2 aromatic carbocycles. The maximum Gasteiger partial charge on any atom is 0.114 e. The first-order valence-corrected chi connectivity index (χ1v) is 6.94. The van der Waals surface area contributed by atoms with E-state index in [0.29, 0.717) is 6.54 Å². The molecule has 4 heteroatoms. The lowest BCUT2D eigenvalue weighted by atomic mass is 10.0. The van der Waals surface area contributed by atoms with Crippen LogP contribution in [0.1, 0.15) is 17.0 Å². The maximum absolute atomic E-state index is 6.09. The van der Waals surface area contributed by atoms with Crippen molar-refractivity contribution in [1.29, 1.82) is 0 Å². The molecule has 0 bridgehead atoms. The average Bonchev–Trinajstić information content (AvgIpc) is 2.76. The normalized spacial score (nSPS) is 11.2. The van der Waals surface area contributed by atoms with Gasteiger partial charge in [0.15, 0.2) is 0 Å². The highest BCUT2D eigenvalue weighted by molar-refractivity contribution is 6.30. The maximum atomic E-state index is 6.09. The number of imidazole rings is 1. The van der Waals surface area contributed by atoms with Crippen molar-refractivity contribution in [1.82, 2.24) is 9.55 Å². The lowest BCUT2D eigenvalue weighted by Gasteiger charge is -2.08. The number of para-hydroxylation sites is 2. The predicted octanol–water partition coefficient (Wildman–Crippen LogP) is 3.28. The first-order chi connectivity index (χ1) is 9.69. The Labute approximate surface area is 123 Å². The van der Waals surface area contributed by atoms with Crippen LogP contribution in [0.25, 0.3) is 11.0 Å². The summed E-state index contributed by atoms with van der Waals surface area (Å²) in [4.78, 5) is 4.69. The minimum Gasteiger partial charge on any atom is -0.331 e. The molecular weight excluding hydrogens is 270 g/mol. The smallest absolute Gasteiger partial charge is 0.114 e. The Morgan fingerprint density at radius 2 is 1.95 bits per heavy atom. The number of hydrogen-bond donors (Lipinski definition) is 1. The fourth-order valence-corrected chi connectivity index (χ4v) is 2.68. The third-order valence-electron chi connectivity index (χ3n) is 3.62. The number of nitrogens with two attached hydrogens (primary N) is 1. The van der Waals surface area contributed by atoms with Crippen LogP contribution in [0.5, 0.6) is 0 Å². The number of aromatic nitrogens is 2. The minimum absolute atomic E-state index is 0.510.